The van der Waals surface area contributed by atoms with Crippen LogP contribution >= 0.6 is 0 Å². The lowest BCUT2D eigenvalue weighted by Gasteiger charge is -2.23. The van der Waals surface area contributed by atoms with Crippen molar-refractivity contribution >= 4 is 6.01 Å². The highest BCUT2D eigenvalue weighted by Crippen LogP contribution is 2.15. The van der Waals surface area contributed by atoms with Crippen molar-refractivity contribution in [2.45, 2.75) is 45.6 Å². The first-order chi connectivity index (χ1) is 8.29. The summed E-state index contributed by atoms with van der Waals surface area (Å²) in [5.41, 5.74) is 0. The van der Waals surface area contributed by atoms with Crippen LogP contribution in [0.4, 0.5) is 6.01 Å². The summed E-state index contributed by atoms with van der Waals surface area (Å²) in [4.78, 5) is 6.54. The SMILES string of the molecule is CCCCN(CC1CCCN1)c1nc(C)no1. The molecular weight excluding hydrogens is 216 g/mol. The summed E-state index contributed by atoms with van der Waals surface area (Å²) in [6.07, 6.45) is 4.86. The molecule has 1 saturated heterocycles. The Hall–Kier alpha value is -1.10. The van der Waals surface area contributed by atoms with E-state index >= 15 is 0 Å². The standard InChI is InChI=1S/C12H22N4O/c1-3-4-8-16(9-11-6-5-7-13-11)12-14-10(2)15-17-12/h11,13H,3-9H2,1-2H3. The van der Waals surface area contributed by atoms with Crippen LogP contribution < -0.4 is 10.2 Å². The fourth-order valence-electron chi connectivity index (χ4n) is 2.21. The van der Waals surface area contributed by atoms with E-state index in [1.807, 2.05) is 6.92 Å². The van der Waals surface area contributed by atoms with Crippen LogP contribution in [0.2, 0.25) is 0 Å². The van der Waals surface area contributed by atoms with E-state index in [9.17, 15) is 0 Å². The van der Waals surface area contributed by atoms with E-state index in [1.54, 1.807) is 0 Å². The van der Waals surface area contributed by atoms with Crippen LogP contribution in [0.3, 0.4) is 0 Å². The minimum atomic E-state index is 0.569. The van der Waals surface area contributed by atoms with Gasteiger partial charge in [-0.3, -0.25) is 0 Å². The molecule has 1 aromatic heterocycles. The Morgan fingerprint density at radius 3 is 3.00 bits per heavy atom. The molecule has 1 atom stereocenters. The quantitative estimate of drug-likeness (QED) is 0.818. The lowest BCUT2D eigenvalue weighted by molar-refractivity contribution is 0.401. The first kappa shape index (κ1) is 12.4. The van der Waals surface area contributed by atoms with Crippen LogP contribution in [0.5, 0.6) is 0 Å². The van der Waals surface area contributed by atoms with Crippen molar-refractivity contribution in [2.24, 2.45) is 0 Å². The molecule has 0 spiro atoms. The molecule has 0 amide bonds. The van der Waals surface area contributed by atoms with Crippen molar-refractivity contribution in [2.75, 3.05) is 24.5 Å². The highest BCUT2D eigenvalue weighted by Gasteiger charge is 2.20. The third-order valence-corrected chi connectivity index (χ3v) is 3.17. The van der Waals surface area contributed by atoms with Crippen LogP contribution in [0.1, 0.15) is 38.4 Å². The molecular formula is C12H22N4O. The second kappa shape index (κ2) is 6.00. The molecule has 0 aliphatic carbocycles. The van der Waals surface area contributed by atoms with E-state index in [-0.39, 0.29) is 0 Å². The van der Waals surface area contributed by atoms with Gasteiger partial charge < -0.3 is 14.7 Å². The number of aryl methyl sites for hydroxylation is 1. The molecule has 2 heterocycles. The van der Waals surface area contributed by atoms with E-state index < -0.39 is 0 Å². The monoisotopic (exact) mass is 238 g/mol. The molecule has 5 nitrogen and oxygen atoms in total. The fraction of sp³-hybridized carbons (Fsp3) is 0.833. The van der Waals surface area contributed by atoms with Gasteiger partial charge in [0.1, 0.15) is 0 Å². The van der Waals surface area contributed by atoms with Crippen molar-refractivity contribution in [1.82, 2.24) is 15.5 Å². The minimum Gasteiger partial charge on any atom is -0.323 e. The molecule has 0 bridgehead atoms. The summed E-state index contributed by atoms with van der Waals surface area (Å²) >= 11 is 0. The second-order valence-corrected chi connectivity index (χ2v) is 4.72. The second-order valence-electron chi connectivity index (χ2n) is 4.72. The van der Waals surface area contributed by atoms with Crippen molar-refractivity contribution in [3.63, 3.8) is 0 Å². The summed E-state index contributed by atoms with van der Waals surface area (Å²) in [7, 11) is 0. The zero-order valence-electron chi connectivity index (χ0n) is 10.8. The van der Waals surface area contributed by atoms with Crippen LogP contribution in [0.15, 0.2) is 4.52 Å². The Labute approximate surface area is 103 Å². The number of nitrogens with zero attached hydrogens (tertiary/aromatic N) is 3. The summed E-state index contributed by atoms with van der Waals surface area (Å²) in [5, 5.41) is 7.38. The van der Waals surface area contributed by atoms with Crippen LogP contribution in [0.25, 0.3) is 0 Å². The Bertz CT molecular complexity index is 333. The van der Waals surface area contributed by atoms with Crippen molar-refractivity contribution in [1.29, 1.82) is 0 Å². The number of rotatable bonds is 6. The molecule has 96 valence electrons. The summed E-state index contributed by atoms with van der Waals surface area (Å²) in [5.74, 6) is 0.709. The maximum Gasteiger partial charge on any atom is 0.324 e. The highest BCUT2D eigenvalue weighted by atomic mass is 16.5. The van der Waals surface area contributed by atoms with Gasteiger partial charge in [-0.2, -0.15) is 4.98 Å². The normalized spacial score (nSPS) is 19.8. The average Bonchev–Trinajstić information content (AvgIpc) is 2.95. The van der Waals surface area contributed by atoms with Crippen LogP contribution in [-0.4, -0.2) is 35.8 Å². The third kappa shape index (κ3) is 3.43. The summed E-state index contributed by atoms with van der Waals surface area (Å²) < 4.78 is 5.27. The molecule has 1 aromatic rings. The Balaban J connectivity index is 1.96. The molecule has 1 aliphatic rings. The van der Waals surface area contributed by atoms with Gasteiger partial charge in [-0.25, -0.2) is 0 Å². The van der Waals surface area contributed by atoms with Gasteiger partial charge in [0.25, 0.3) is 0 Å². The molecule has 1 unspecified atom stereocenters. The Morgan fingerprint density at radius 2 is 2.41 bits per heavy atom. The molecule has 2 rings (SSSR count). The van der Waals surface area contributed by atoms with E-state index in [0.29, 0.717) is 17.9 Å². The van der Waals surface area contributed by atoms with Gasteiger partial charge in [0.15, 0.2) is 5.82 Å². The van der Waals surface area contributed by atoms with Gasteiger partial charge in [-0.15, -0.1) is 0 Å². The number of anilines is 1. The Kier molecular flexibility index (Phi) is 4.36. The predicted octanol–water partition coefficient (Wildman–Crippen LogP) is 1.74. The van der Waals surface area contributed by atoms with E-state index in [2.05, 4.69) is 27.3 Å². The molecule has 1 N–H and O–H groups in total. The molecule has 0 radical (unpaired) electrons. The van der Waals surface area contributed by atoms with Crippen LogP contribution in [-0.2, 0) is 0 Å². The van der Waals surface area contributed by atoms with Crippen molar-refractivity contribution < 1.29 is 4.52 Å². The van der Waals surface area contributed by atoms with Gasteiger partial charge >= 0.3 is 6.01 Å². The first-order valence-corrected chi connectivity index (χ1v) is 6.58. The minimum absolute atomic E-state index is 0.569. The van der Waals surface area contributed by atoms with Gasteiger partial charge in [0.05, 0.1) is 0 Å². The molecule has 0 saturated carbocycles. The van der Waals surface area contributed by atoms with E-state index in [0.717, 1.165) is 26.1 Å². The van der Waals surface area contributed by atoms with E-state index in [4.69, 9.17) is 4.52 Å². The average molecular weight is 238 g/mol. The number of hydrogen-bond acceptors (Lipinski definition) is 5. The number of hydrogen-bond donors (Lipinski definition) is 1. The summed E-state index contributed by atoms with van der Waals surface area (Å²) in [6, 6.07) is 1.24. The molecule has 0 aromatic carbocycles. The van der Waals surface area contributed by atoms with E-state index in [1.165, 1.54) is 19.3 Å². The number of unbranched alkanes of at least 4 members (excludes halogenated alkanes) is 1. The molecule has 5 heteroatoms. The van der Waals surface area contributed by atoms with Crippen LogP contribution in [0, 0.1) is 6.92 Å². The topological polar surface area (TPSA) is 54.2 Å². The lowest BCUT2D eigenvalue weighted by Crippen LogP contribution is -2.38. The smallest absolute Gasteiger partial charge is 0.323 e. The first-order valence-electron chi connectivity index (χ1n) is 6.58. The zero-order chi connectivity index (χ0) is 12.1. The molecule has 1 fully saturated rings. The summed E-state index contributed by atoms with van der Waals surface area (Å²) in [6.45, 7) is 7.16. The largest absolute Gasteiger partial charge is 0.324 e. The molecule has 17 heavy (non-hydrogen) atoms. The Morgan fingerprint density at radius 1 is 1.53 bits per heavy atom. The van der Waals surface area contributed by atoms with Crippen molar-refractivity contribution in [3.05, 3.63) is 5.82 Å². The fourth-order valence-corrected chi connectivity index (χ4v) is 2.21. The molecule has 1 aliphatic heterocycles. The predicted molar refractivity (Wildman–Crippen MR) is 67.2 cm³/mol. The van der Waals surface area contributed by atoms with Crippen molar-refractivity contribution in [3.8, 4) is 0 Å². The number of aromatic nitrogens is 2. The van der Waals surface area contributed by atoms with Gasteiger partial charge in [0.2, 0.25) is 0 Å². The highest BCUT2D eigenvalue weighted by molar-refractivity contribution is 5.25. The number of nitrogens with one attached hydrogen (secondary N) is 1. The zero-order valence-corrected chi connectivity index (χ0v) is 10.8. The van der Waals surface area contributed by atoms with Gasteiger partial charge in [0, 0.05) is 19.1 Å². The van der Waals surface area contributed by atoms with Gasteiger partial charge in [-0.1, -0.05) is 18.5 Å². The van der Waals surface area contributed by atoms with Gasteiger partial charge in [-0.05, 0) is 32.7 Å². The lowest BCUT2D eigenvalue weighted by atomic mass is 10.2. The maximum absolute atomic E-state index is 5.27. The maximum atomic E-state index is 5.27. The third-order valence-electron chi connectivity index (χ3n) is 3.17.